The number of hydrogen-bond acceptors (Lipinski definition) is 3. The Labute approximate surface area is 138 Å². The molecule has 0 aromatic heterocycles. The van der Waals surface area contributed by atoms with Crippen LogP contribution in [0.25, 0.3) is 0 Å². The summed E-state index contributed by atoms with van der Waals surface area (Å²) in [6.45, 7) is 3.00. The van der Waals surface area contributed by atoms with Gasteiger partial charge in [-0.05, 0) is 44.4 Å². The normalized spacial score (nSPS) is 22.8. The summed E-state index contributed by atoms with van der Waals surface area (Å²) in [5.41, 5.74) is -0.676. The molecule has 6 heteroatoms. The average molecular weight is 377 g/mol. The number of rotatable bonds is 3. The zero-order chi connectivity index (χ0) is 15.5. The monoisotopic (exact) mass is 375 g/mol. The second kappa shape index (κ2) is 6.99. The summed E-state index contributed by atoms with van der Waals surface area (Å²) < 4.78 is 6.36. The van der Waals surface area contributed by atoms with Crippen molar-refractivity contribution in [1.82, 2.24) is 4.90 Å². The molecule has 116 valence electrons. The molecule has 1 fully saturated rings. The first-order chi connectivity index (χ1) is 9.87. The van der Waals surface area contributed by atoms with Crippen LogP contribution in [-0.2, 0) is 4.79 Å². The molecule has 1 heterocycles. The van der Waals surface area contributed by atoms with Crippen molar-refractivity contribution in [1.29, 1.82) is 0 Å². The Morgan fingerprint density at radius 1 is 1.48 bits per heavy atom. The van der Waals surface area contributed by atoms with Crippen molar-refractivity contribution in [2.75, 3.05) is 19.7 Å². The van der Waals surface area contributed by atoms with Crippen LogP contribution in [-0.4, -0.2) is 41.2 Å². The molecule has 1 saturated heterocycles. The second-order valence-corrected chi connectivity index (χ2v) is 6.92. The number of halogens is 2. The topological polar surface area (TPSA) is 49.8 Å². The largest absolute Gasteiger partial charge is 0.482 e. The molecule has 0 aliphatic carbocycles. The Morgan fingerprint density at radius 2 is 2.24 bits per heavy atom. The standard InChI is InChI=1S/C15H19BrClNO3/c1-15(20)5-2-7-18(8-6-15)14(19)10-21-13-4-3-11(16)9-12(13)17/h3-4,9,20H,2,5-8,10H2,1H3. The zero-order valence-electron chi connectivity index (χ0n) is 11.9. The Balaban J connectivity index is 1.89. The number of ether oxygens (including phenoxy) is 1. The minimum atomic E-state index is -0.676. The predicted molar refractivity (Wildman–Crippen MR) is 85.7 cm³/mol. The predicted octanol–water partition coefficient (Wildman–Crippen LogP) is 3.24. The number of hydrogen-bond donors (Lipinski definition) is 1. The van der Waals surface area contributed by atoms with Gasteiger partial charge in [-0.3, -0.25) is 4.79 Å². The fourth-order valence-corrected chi connectivity index (χ4v) is 3.06. The lowest BCUT2D eigenvalue weighted by molar-refractivity contribution is -0.133. The van der Waals surface area contributed by atoms with Crippen LogP contribution in [0.4, 0.5) is 0 Å². The molecular formula is C15H19BrClNO3. The molecule has 1 aromatic carbocycles. The molecular weight excluding hydrogens is 358 g/mol. The number of benzene rings is 1. The summed E-state index contributed by atoms with van der Waals surface area (Å²) in [5, 5.41) is 10.5. The van der Waals surface area contributed by atoms with Crippen LogP contribution >= 0.6 is 27.5 Å². The molecule has 0 spiro atoms. The van der Waals surface area contributed by atoms with Gasteiger partial charge < -0.3 is 14.7 Å². The van der Waals surface area contributed by atoms with Crippen LogP contribution in [0.3, 0.4) is 0 Å². The lowest BCUT2D eigenvalue weighted by atomic mass is 9.98. The van der Waals surface area contributed by atoms with Crippen molar-refractivity contribution in [3.63, 3.8) is 0 Å². The third kappa shape index (κ3) is 4.87. The molecule has 0 bridgehead atoms. The van der Waals surface area contributed by atoms with Crippen molar-refractivity contribution in [2.45, 2.75) is 31.8 Å². The smallest absolute Gasteiger partial charge is 0.260 e. The summed E-state index contributed by atoms with van der Waals surface area (Å²) >= 11 is 9.37. The minimum absolute atomic E-state index is 0.0382. The Morgan fingerprint density at radius 3 is 2.95 bits per heavy atom. The maximum atomic E-state index is 12.2. The molecule has 4 nitrogen and oxygen atoms in total. The minimum Gasteiger partial charge on any atom is -0.482 e. The van der Waals surface area contributed by atoms with E-state index in [1.54, 1.807) is 17.0 Å². The molecule has 1 aromatic rings. The summed E-state index contributed by atoms with van der Waals surface area (Å²) in [6.07, 6.45) is 2.12. The summed E-state index contributed by atoms with van der Waals surface area (Å²) in [7, 11) is 0. The van der Waals surface area contributed by atoms with E-state index in [9.17, 15) is 9.90 Å². The number of carbonyl (C=O) groups is 1. The number of likely N-dealkylation sites (tertiary alicyclic amines) is 1. The van der Waals surface area contributed by atoms with E-state index in [1.807, 2.05) is 13.0 Å². The van der Waals surface area contributed by atoms with Gasteiger partial charge in [0.15, 0.2) is 6.61 Å². The van der Waals surface area contributed by atoms with E-state index in [-0.39, 0.29) is 12.5 Å². The lowest BCUT2D eigenvalue weighted by Gasteiger charge is -2.22. The summed E-state index contributed by atoms with van der Waals surface area (Å²) in [5.74, 6) is 0.418. The molecule has 1 aliphatic rings. The molecule has 2 rings (SSSR count). The highest BCUT2D eigenvalue weighted by atomic mass is 79.9. The van der Waals surface area contributed by atoms with Crippen LogP contribution in [0.1, 0.15) is 26.2 Å². The van der Waals surface area contributed by atoms with Gasteiger partial charge in [-0.15, -0.1) is 0 Å². The van der Waals surface area contributed by atoms with Crippen LogP contribution < -0.4 is 4.74 Å². The SMILES string of the molecule is CC1(O)CCCN(C(=O)COc2ccc(Br)cc2Cl)CC1. The molecule has 1 atom stereocenters. The van der Waals surface area contributed by atoms with E-state index in [1.165, 1.54) is 0 Å². The van der Waals surface area contributed by atoms with E-state index >= 15 is 0 Å². The molecule has 1 aliphatic heterocycles. The molecule has 0 saturated carbocycles. The van der Waals surface area contributed by atoms with Gasteiger partial charge in [-0.1, -0.05) is 27.5 Å². The molecule has 0 radical (unpaired) electrons. The molecule has 1 N–H and O–H groups in total. The third-order valence-electron chi connectivity index (χ3n) is 3.66. The van der Waals surface area contributed by atoms with Crippen LogP contribution in [0.15, 0.2) is 22.7 Å². The number of amides is 1. The van der Waals surface area contributed by atoms with Crippen molar-refractivity contribution in [3.8, 4) is 5.75 Å². The van der Waals surface area contributed by atoms with E-state index in [0.717, 1.165) is 17.3 Å². The summed E-state index contributed by atoms with van der Waals surface area (Å²) in [4.78, 5) is 13.9. The fraction of sp³-hybridized carbons (Fsp3) is 0.533. The second-order valence-electron chi connectivity index (χ2n) is 5.59. The molecule has 1 unspecified atom stereocenters. The van der Waals surface area contributed by atoms with E-state index in [2.05, 4.69) is 15.9 Å². The number of aliphatic hydroxyl groups is 1. The fourth-order valence-electron chi connectivity index (χ4n) is 2.34. The van der Waals surface area contributed by atoms with Gasteiger partial charge in [0.2, 0.25) is 0 Å². The highest BCUT2D eigenvalue weighted by molar-refractivity contribution is 9.10. The van der Waals surface area contributed by atoms with Gasteiger partial charge in [-0.2, -0.15) is 0 Å². The van der Waals surface area contributed by atoms with Crippen molar-refractivity contribution in [2.24, 2.45) is 0 Å². The van der Waals surface area contributed by atoms with Gasteiger partial charge in [0.05, 0.1) is 10.6 Å². The van der Waals surface area contributed by atoms with E-state index < -0.39 is 5.60 Å². The average Bonchev–Trinajstić information content (AvgIpc) is 2.58. The van der Waals surface area contributed by atoms with Crippen molar-refractivity contribution >= 4 is 33.4 Å². The van der Waals surface area contributed by atoms with Gasteiger partial charge >= 0.3 is 0 Å². The number of nitrogens with zero attached hydrogens (tertiary/aromatic N) is 1. The summed E-state index contributed by atoms with van der Waals surface area (Å²) in [6, 6.07) is 5.27. The van der Waals surface area contributed by atoms with E-state index in [4.69, 9.17) is 16.3 Å². The van der Waals surface area contributed by atoms with Gasteiger partial charge in [-0.25, -0.2) is 0 Å². The maximum Gasteiger partial charge on any atom is 0.260 e. The molecule has 21 heavy (non-hydrogen) atoms. The van der Waals surface area contributed by atoms with E-state index in [0.29, 0.717) is 30.3 Å². The van der Waals surface area contributed by atoms with Crippen molar-refractivity contribution < 1.29 is 14.6 Å². The maximum absolute atomic E-state index is 12.2. The lowest BCUT2D eigenvalue weighted by Crippen LogP contribution is -2.36. The first-order valence-electron chi connectivity index (χ1n) is 6.95. The first kappa shape index (κ1) is 16.6. The highest BCUT2D eigenvalue weighted by Gasteiger charge is 2.27. The Hall–Kier alpha value is -0.780. The van der Waals surface area contributed by atoms with Crippen molar-refractivity contribution in [3.05, 3.63) is 27.7 Å². The van der Waals surface area contributed by atoms with Gasteiger partial charge in [0, 0.05) is 17.6 Å². The number of carbonyl (C=O) groups excluding carboxylic acids is 1. The Kier molecular flexibility index (Phi) is 5.52. The first-order valence-corrected chi connectivity index (χ1v) is 8.12. The Bertz CT molecular complexity index is 522. The zero-order valence-corrected chi connectivity index (χ0v) is 14.3. The van der Waals surface area contributed by atoms with Crippen LogP contribution in [0.5, 0.6) is 5.75 Å². The van der Waals surface area contributed by atoms with Gasteiger partial charge in [0.25, 0.3) is 5.91 Å². The van der Waals surface area contributed by atoms with Crippen LogP contribution in [0, 0.1) is 0 Å². The third-order valence-corrected chi connectivity index (χ3v) is 4.45. The highest BCUT2D eigenvalue weighted by Crippen LogP contribution is 2.28. The molecule has 1 amide bonds. The quantitative estimate of drug-likeness (QED) is 0.881. The van der Waals surface area contributed by atoms with Crippen LogP contribution in [0.2, 0.25) is 5.02 Å². The van der Waals surface area contributed by atoms with Gasteiger partial charge in [0.1, 0.15) is 5.75 Å².